The van der Waals surface area contributed by atoms with Crippen LogP contribution in [-0.4, -0.2) is 19.5 Å². The molecule has 2 unspecified atom stereocenters. The van der Waals surface area contributed by atoms with Crippen molar-refractivity contribution in [1.29, 1.82) is 0 Å². The molecule has 1 saturated heterocycles. The van der Waals surface area contributed by atoms with E-state index in [1.54, 1.807) is 7.11 Å². The first kappa shape index (κ1) is 6.05. The topological polar surface area (TPSA) is 21.8 Å². The summed E-state index contributed by atoms with van der Waals surface area (Å²) in [6, 6.07) is 0. The molecule has 0 aromatic heterocycles. The van der Waals surface area contributed by atoms with E-state index in [2.05, 4.69) is 13.8 Å². The standard InChI is InChI=1S/C6H12O2/c1-4(2)5-6(7-3)8-5/h4-6H,1-3H3. The Labute approximate surface area is 49.8 Å². The van der Waals surface area contributed by atoms with Gasteiger partial charge in [-0.1, -0.05) is 13.8 Å². The number of hydrogen-bond donors (Lipinski definition) is 0. The van der Waals surface area contributed by atoms with Crippen molar-refractivity contribution in [1.82, 2.24) is 0 Å². The van der Waals surface area contributed by atoms with Crippen LogP contribution in [0.5, 0.6) is 0 Å². The van der Waals surface area contributed by atoms with Crippen LogP contribution in [0.1, 0.15) is 13.8 Å². The molecule has 0 aromatic rings. The maximum atomic E-state index is 5.11. The van der Waals surface area contributed by atoms with E-state index in [4.69, 9.17) is 9.47 Å². The molecule has 1 fully saturated rings. The molecular formula is C6H12O2. The second-order valence-corrected chi connectivity index (χ2v) is 2.45. The number of epoxide rings is 1. The zero-order valence-electron chi connectivity index (χ0n) is 5.55. The van der Waals surface area contributed by atoms with Gasteiger partial charge in [-0.3, -0.25) is 0 Å². The molecule has 1 rings (SSSR count). The summed E-state index contributed by atoms with van der Waals surface area (Å²) in [5.74, 6) is 0.597. The van der Waals surface area contributed by atoms with Crippen molar-refractivity contribution in [3.05, 3.63) is 0 Å². The van der Waals surface area contributed by atoms with E-state index in [0.717, 1.165) is 0 Å². The van der Waals surface area contributed by atoms with Crippen LogP contribution in [0.15, 0.2) is 0 Å². The van der Waals surface area contributed by atoms with E-state index in [9.17, 15) is 0 Å². The molecule has 0 radical (unpaired) electrons. The van der Waals surface area contributed by atoms with Gasteiger partial charge in [0.15, 0.2) is 6.29 Å². The maximum Gasteiger partial charge on any atom is 0.184 e. The van der Waals surface area contributed by atoms with Gasteiger partial charge in [-0.05, 0) is 5.92 Å². The highest BCUT2D eigenvalue weighted by atomic mass is 16.8. The number of methoxy groups -OCH3 is 1. The molecular weight excluding hydrogens is 104 g/mol. The van der Waals surface area contributed by atoms with Gasteiger partial charge in [-0.25, -0.2) is 0 Å². The highest BCUT2D eigenvalue weighted by Crippen LogP contribution is 2.28. The van der Waals surface area contributed by atoms with Crippen molar-refractivity contribution in [3.63, 3.8) is 0 Å². The Bertz CT molecular complexity index is 80.6. The predicted molar refractivity (Wildman–Crippen MR) is 30.5 cm³/mol. The van der Waals surface area contributed by atoms with Gasteiger partial charge in [-0.2, -0.15) is 0 Å². The normalized spacial score (nSPS) is 36.0. The third-order valence-corrected chi connectivity index (χ3v) is 1.37. The molecule has 1 aliphatic heterocycles. The van der Waals surface area contributed by atoms with Crippen LogP contribution in [0.3, 0.4) is 0 Å². The summed E-state index contributed by atoms with van der Waals surface area (Å²) in [5, 5.41) is 0. The largest absolute Gasteiger partial charge is 0.353 e. The molecule has 0 aromatic carbocycles. The molecule has 2 atom stereocenters. The van der Waals surface area contributed by atoms with Gasteiger partial charge >= 0.3 is 0 Å². The summed E-state index contributed by atoms with van der Waals surface area (Å²) >= 11 is 0. The lowest BCUT2D eigenvalue weighted by atomic mass is 10.1. The van der Waals surface area contributed by atoms with Gasteiger partial charge in [0.05, 0.1) is 0 Å². The summed E-state index contributed by atoms with van der Waals surface area (Å²) in [7, 11) is 1.67. The van der Waals surface area contributed by atoms with Crippen molar-refractivity contribution in [2.75, 3.05) is 7.11 Å². The van der Waals surface area contributed by atoms with E-state index >= 15 is 0 Å². The zero-order chi connectivity index (χ0) is 6.15. The van der Waals surface area contributed by atoms with Crippen LogP contribution >= 0.6 is 0 Å². The van der Waals surface area contributed by atoms with E-state index in [-0.39, 0.29) is 6.29 Å². The fourth-order valence-electron chi connectivity index (χ4n) is 0.771. The lowest BCUT2D eigenvalue weighted by molar-refractivity contribution is 0.0950. The van der Waals surface area contributed by atoms with Crippen molar-refractivity contribution in [2.45, 2.75) is 26.2 Å². The van der Waals surface area contributed by atoms with Crippen molar-refractivity contribution in [2.24, 2.45) is 5.92 Å². The Morgan fingerprint density at radius 1 is 1.50 bits per heavy atom. The average Bonchev–Trinajstić information content (AvgIpc) is 2.42. The summed E-state index contributed by atoms with van der Waals surface area (Å²) < 4.78 is 10.0. The van der Waals surface area contributed by atoms with Gasteiger partial charge in [0.2, 0.25) is 0 Å². The molecule has 1 heterocycles. The minimum absolute atomic E-state index is 0.0926. The average molecular weight is 116 g/mol. The third kappa shape index (κ3) is 1.01. The smallest absolute Gasteiger partial charge is 0.184 e. The van der Waals surface area contributed by atoms with Crippen LogP contribution in [0.4, 0.5) is 0 Å². The lowest BCUT2D eigenvalue weighted by Gasteiger charge is -1.93. The van der Waals surface area contributed by atoms with Gasteiger partial charge in [-0.15, -0.1) is 0 Å². The highest BCUT2D eigenvalue weighted by molar-refractivity contribution is 4.78. The molecule has 48 valence electrons. The van der Waals surface area contributed by atoms with Gasteiger partial charge in [0.1, 0.15) is 6.10 Å². The first-order valence-corrected chi connectivity index (χ1v) is 2.94. The molecule has 0 spiro atoms. The lowest BCUT2D eigenvalue weighted by Crippen LogP contribution is -2.02. The van der Waals surface area contributed by atoms with Gasteiger partial charge < -0.3 is 9.47 Å². The minimum Gasteiger partial charge on any atom is -0.353 e. The molecule has 2 nitrogen and oxygen atoms in total. The molecule has 0 bridgehead atoms. The third-order valence-electron chi connectivity index (χ3n) is 1.37. The highest BCUT2D eigenvalue weighted by Gasteiger charge is 2.41. The summed E-state index contributed by atoms with van der Waals surface area (Å²) in [6.45, 7) is 4.26. The molecule has 0 saturated carbocycles. The van der Waals surface area contributed by atoms with E-state index in [1.165, 1.54) is 0 Å². The second-order valence-electron chi connectivity index (χ2n) is 2.45. The number of rotatable bonds is 2. The molecule has 0 aliphatic carbocycles. The number of hydrogen-bond acceptors (Lipinski definition) is 2. The Morgan fingerprint density at radius 3 is 2.25 bits per heavy atom. The van der Waals surface area contributed by atoms with Gasteiger partial charge in [0, 0.05) is 7.11 Å². The van der Waals surface area contributed by atoms with Crippen LogP contribution in [0, 0.1) is 5.92 Å². The van der Waals surface area contributed by atoms with E-state index in [0.29, 0.717) is 12.0 Å². The van der Waals surface area contributed by atoms with Crippen LogP contribution in [0.2, 0.25) is 0 Å². The SMILES string of the molecule is COC1OC1C(C)C. The van der Waals surface area contributed by atoms with Crippen LogP contribution < -0.4 is 0 Å². The molecule has 8 heavy (non-hydrogen) atoms. The summed E-state index contributed by atoms with van der Waals surface area (Å²) in [6.07, 6.45) is 0.454. The molecule has 0 N–H and O–H groups in total. The first-order chi connectivity index (χ1) is 3.75. The summed E-state index contributed by atoms with van der Waals surface area (Å²) in [4.78, 5) is 0. The van der Waals surface area contributed by atoms with Crippen molar-refractivity contribution < 1.29 is 9.47 Å². The van der Waals surface area contributed by atoms with Crippen LogP contribution in [0.25, 0.3) is 0 Å². The van der Waals surface area contributed by atoms with E-state index in [1.807, 2.05) is 0 Å². The van der Waals surface area contributed by atoms with Gasteiger partial charge in [0.25, 0.3) is 0 Å². The Kier molecular flexibility index (Phi) is 1.54. The first-order valence-electron chi connectivity index (χ1n) is 2.94. The molecule has 2 heteroatoms. The molecule has 0 amide bonds. The fourth-order valence-corrected chi connectivity index (χ4v) is 0.771. The quantitative estimate of drug-likeness (QED) is 0.502. The zero-order valence-corrected chi connectivity index (χ0v) is 5.55. The Hall–Kier alpha value is -0.0800. The number of ether oxygens (including phenoxy) is 2. The monoisotopic (exact) mass is 116 g/mol. The van der Waals surface area contributed by atoms with Crippen LogP contribution in [-0.2, 0) is 9.47 Å². The Balaban J connectivity index is 2.16. The van der Waals surface area contributed by atoms with E-state index < -0.39 is 0 Å². The second kappa shape index (κ2) is 2.03. The fraction of sp³-hybridized carbons (Fsp3) is 1.00. The van der Waals surface area contributed by atoms with Crippen molar-refractivity contribution in [3.8, 4) is 0 Å². The summed E-state index contributed by atoms with van der Waals surface area (Å²) in [5.41, 5.74) is 0. The minimum atomic E-state index is 0.0926. The molecule has 1 aliphatic rings. The predicted octanol–water partition coefficient (Wildman–Crippen LogP) is 1.01. The maximum absolute atomic E-state index is 5.11. The van der Waals surface area contributed by atoms with Crippen molar-refractivity contribution >= 4 is 0 Å². The Morgan fingerprint density at radius 2 is 2.12 bits per heavy atom.